The normalized spacial score (nSPS) is 15.6. The van der Waals surface area contributed by atoms with E-state index in [0.29, 0.717) is 11.4 Å². The van der Waals surface area contributed by atoms with E-state index in [1.54, 1.807) is 31.4 Å². The highest BCUT2D eigenvalue weighted by molar-refractivity contribution is 7.92. The number of sulfonamides is 1. The lowest BCUT2D eigenvalue weighted by Crippen LogP contribution is -2.44. The van der Waals surface area contributed by atoms with Crippen molar-refractivity contribution >= 4 is 21.4 Å². The van der Waals surface area contributed by atoms with Crippen molar-refractivity contribution in [2.24, 2.45) is 0 Å². The molecule has 7 heteroatoms. The van der Waals surface area contributed by atoms with Crippen LogP contribution in [0.1, 0.15) is 12.5 Å². The van der Waals surface area contributed by atoms with Gasteiger partial charge in [0.05, 0.1) is 17.7 Å². The fraction of sp³-hybridized carbons (Fsp3) is 0.400. The van der Waals surface area contributed by atoms with E-state index in [1.807, 2.05) is 25.1 Å². The summed E-state index contributed by atoms with van der Waals surface area (Å²) in [7, 11) is 0.0179. The number of benzene rings is 2. The molecule has 0 spiro atoms. The smallest absolute Gasteiger partial charge is 0.261 e. The highest BCUT2D eigenvalue weighted by Gasteiger charge is 2.22. The van der Waals surface area contributed by atoms with Gasteiger partial charge in [-0.2, -0.15) is 0 Å². The Morgan fingerprint density at radius 1 is 1.07 bits per heavy atom. The van der Waals surface area contributed by atoms with Crippen LogP contribution in [0.4, 0.5) is 11.4 Å². The van der Waals surface area contributed by atoms with Gasteiger partial charge in [0.1, 0.15) is 5.75 Å². The average molecular weight is 390 g/mol. The molecule has 1 saturated heterocycles. The van der Waals surface area contributed by atoms with Gasteiger partial charge in [0, 0.05) is 31.9 Å². The van der Waals surface area contributed by atoms with Gasteiger partial charge in [-0.05, 0) is 49.4 Å². The molecule has 1 heterocycles. The van der Waals surface area contributed by atoms with Crippen molar-refractivity contribution in [2.45, 2.75) is 18.2 Å². The topological polar surface area (TPSA) is 61.9 Å². The summed E-state index contributed by atoms with van der Waals surface area (Å²) < 4.78 is 34.0. The molecule has 0 saturated carbocycles. The molecule has 0 bridgehead atoms. The van der Waals surface area contributed by atoms with E-state index in [0.717, 1.165) is 43.9 Å². The molecule has 2 aromatic rings. The van der Waals surface area contributed by atoms with E-state index in [9.17, 15) is 8.42 Å². The van der Waals surface area contributed by atoms with E-state index in [2.05, 4.69) is 21.6 Å². The number of hydrogen-bond donors (Lipinski definition) is 1. The predicted molar refractivity (Wildman–Crippen MR) is 109 cm³/mol. The molecule has 27 heavy (non-hydrogen) atoms. The summed E-state index contributed by atoms with van der Waals surface area (Å²) in [6.07, 6.45) is 0.853. The molecule has 6 nitrogen and oxygen atoms in total. The minimum Gasteiger partial charge on any atom is -0.495 e. The first-order chi connectivity index (χ1) is 12.9. The minimum atomic E-state index is -3.68. The van der Waals surface area contributed by atoms with Crippen LogP contribution in [0.15, 0.2) is 47.4 Å². The molecular formula is C20H27N3O3S. The van der Waals surface area contributed by atoms with Gasteiger partial charge in [-0.1, -0.05) is 19.1 Å². The molecule has 1 N–H and O–H groups in total. The Labute approximate surface area is 161 Å². The second kappa shape index (κ2) is 8.19. The van der Waals surface area contributed by atoms with Crippen molar-refractivity contribution in [1.29, 1.82) is 0 Å². The Bertz CT molecular complexity index is 891. The molecule has 0 atom stereocenters. The fourth-order valence-electron chi connectivity index (χ4n) is 3.20. The van der Waals surface area contributed by atoms with Gasteiger partial charge in [-0.3, -0.25) is 4.72 Å². The zero-order valence-electron chi connectivity index (χ0n) is 16.1. The lowest BCUT2D eigenvalue weighted by atomic mass is 10.1. The first kappa shape index (κ1) is 19.5. The number of piperazine rings is 1. The second-order valence-corrected chi connectivity index (χ2v) is 8.47. The van der Waals surface area contributed by atoms with E-state index >= 15 is 0 Å². The summed E-state index contributed by atoms with van der Waals surface area (Å²) >= 11 is 0. The third-order valence-corrected chi connectivity index (χ3v) is 6.27. The third-order valence-electron chi connectivity index (χ3n) is 4.89. The molecule has 2 aromatic carbocycles. The molecule has 3 rings (SSSR count). The van der Waals surface area contributed by atoms with Crippen molar-refractivity contribution < 1.29 is 13.2 Å². The molecule has 0 aromatic heterocycles. The van der Waals surface area contributed by atoms with Crippen LogP contribution in [0.2, 0.25) is 0 Å². The van der Waals surface area contributed by atoms with Gasteiger partial charge >= 0.3 is 0 Å². The van der Waals surface area contributed by atoms with Crippen molar-refractivity contribution in [2.75, 3.05) is 50.0 Å². The Morgan fingerprint density at radius 2 is 1.81 bits per heavy atom. The van der Waals surface area contributed by atoms with E-state index in [4.69, 9.17) is 4.74 Å². The maximum Gasteiger partial charge on any atom is 0.261 e. The van der Waals surface area contributed by atoms with E-state index < -0.39 is 10.0 Å². The lowest BCUT2D eigenvalue weighted by molar-refractivity contribution is 0.311. The highest BCUT2D eigenvalue weighted by Crippen LogP contribution is 2.32. The van der Waals surface area contributed by atoms with Crippen molar-refractivity contribution in [3.63, 3.8) is 0 Å². The Hall–Kier alpha value is -2.25. The first-order valence-electron chi connectivity index (χ1n) is 9.16. The number of nitrogens with one attached hydrogen (secondary N) is 1. The molecule has 0 aliphatic carbocycles. The zero-order valence-corrected chi connectivity index (χ0v) is 16.9. The van der Waals surface area contributed by atoms with Gasteiger partial charge < -0.3 is 14.5 Å². The molecule has 1 aliphatic rings. The van der Waals surface area contributed by atoms with Crippen molar-refractivity contribution in [1.82, 2.24) is 4.90 Å². The maximum absolute atomic E-state index is 12.9. The number of anilines is 2. The largest absolute Gasteiger partial charge is 0.495 e. The average Bonchev–Trinajstić information content (AvgIpc) is 2.68. The summed E-state index contributed by atoms with van der Waals surface area (Å²) in [6.45, 7) is 5.58. The number of ether oxygens (including phenoxy) is 1. The Morgan fingerprint density at radius 3 is 2.48 bits per heavy atom. The molecule has 146 valence electrons. The minimum absolute atomic E-state index is 0.235. The van der Waals surface area contributed by atoms with Gasteiger partial charge in [-0.15, -0.1) is 0 Å². The van der Waals surface area contributed by atoms with Gasteiger partial charge in [-0.25, -0.2) is 8.42 Å². The zero-order chi connectivity index (χ0) is 19.4. The first-order valence-corrected chi connectivity index (χ1v) is 10.6. The van der Waals surface area contributed by atoms with Gasteiger partial charge in [0.25, 0.3) is 10.0 Å². The lowest BCUT2D eigenvalue weighted by Gasteiger charge is -2.34. The van der Waals surface area contributed by atoms with Crippen LogP contribution in [-0.4, -0.2) is 53.7 Å². The number of likely N-dealkylation sites (N-methyl/N-ethyl adjacent to an activating group) is 1. The molecule has 0 radical (unpaired) electrons. The third kappa shape index (κ3) is 4.54. The van der Waals surface area contributed by atoms with Gasteiger partial charge in [0.2, 0.25) is 0 Å². The second-order valence-electron chi connectivity index (χ2n) is 6.78. The van der Waals surface area contributed by atoms with Crippen LogP contribution in [0.3, 0.4) is 0 Å². The van der Waals surface area contributed by atoms with Crippen LogP contribution < -0.4 is 14.4 Å². The fourth-order valence-corrected chi connectivity index (χ4v) is 4.27. The number of hydrogen-bond acceptors (Lipinski definition) is 5. The Balaban J connectivity index is 1.89. The van der Waals surface area contributed by atoms with Crippen LogP contribution in [0.25, 0.3) is 0 Å². The quantitative estimate of drug-likeness (QED) is 0.823. The number of methoxy groups -OCH3 is 1. The molecule has 1 fully saturated rings. The van der Waals surface area contributed by atoms with Crippen molar-refractivity contribution in [3.8, 4) is 5.75 Å². The van der Waals surface area contributed by atoms with Gasteiger partial charge in [0.15, 0.2) is 0 Å². The highest BCUT2D eigenvalue weighted by atomic mass is 32.2. The summed E-state index contributed by atoms with van der Waals surface area (Å²) in [5, 5.41) is 0. The monoisotopic (exact) mass is 389 g/mol. The molecule has 0 unspecified atom stereocenters. The number of rotatable bonds is 6. The van der Waals surface area contributed by atoms with E-state index in [-0.39, 0.29) is 4.90 Å². The number of aryl methyl sites for hydroxylation is 1. The maximum atomic E-state index is 12.9. The van der Waals surface area contributed by atoms with Crippen LogP contribution >= 0.6 is 0 Å². The standard InChI is InChI=1S/C20H27N3O3S/c1-4-16-6-5-7-17(14-16)21-27(24,25)18-8-9-20(26-3)19(15-18)23-12-10-22(2)11-13-23/h5-9,14-15,21H,4,10-13H2,1-3H3. The number of nitrogens with zero attached hydrogens (tertiary/aromatic N) is 2. The van der Waals surface area contributed by atoms with Crippen LogP contribution in [-0.2, 0) is 16.4 Å². The predicted octanol–water partition coefficient (Wildman–Crippen LogP) is 2.81. The summed E-state index contributed by atoms with van der Waals surface area (Å²) in [5.74, 6) is 0.687. The van der Waals surface area contributed by atoms with Crippen LogP contribution in [0.5, 0.6) is 5.75 Å². The molecule has 0 amide bonds. The summed E-state index contributed by atoms with van der Waals surface area (Å²) in [6, 6.07) is 12.5. The van der Waals surface area contributed by atoms with Crippen LogP contribution in [0, 0.1) is 0 Å². The van der Waals surface area contributed by atoms with Crippen molar-refractivity contribution in [3.05, 3.63) is 48.0 Å². The molecular weight excluding hydrogens is 362 g/mol. The Kier molecular flexibility index (Phi) is 5.92. The van der Waals surface area contributed by atoms with E-state index in [1.165, 1.54) is 0 Å². The summed E-state index contributed by atoms with van der Waals surface area (Å²) in [4.78, 5) is 4.67. The molecule has 1 aliphatic heterocycles. The summed E-state index contributed by atoms with van der Waals surface area (Å²) in [5.41, 5.74) is 2.48. The SMILES string of the molecule is CCc1cccc(NS(=O)(=O)c2ccc(OC)c(N3CCN(C)CC3)c2)c1.